The first-order chi connectivity index (χ1) is 9.33. The van der Waals surface area contributed by atoms with Crippen molar-refractivity contribution >= 4 is 24.3 Å². The van der Waals surface area contributed by atoms with Crippen molar-refractivity contribution in [3.05, 3.63) is 0 Å². The standard InChI is InChI=1S/C14H24O4S/c15-11-7-2-1-6-10-14(16)17-12-19-18-13-8-4-3-5-9-13/h11,13H,1-10,12H2. The summed E-state index contributed by atoms with van der Waals surface area (Å²) in [7, 11) is 0. The second-order valence-electron chi connectivity index (χ2n) is 4.87. The molecule has 4 nitrogen and oxygen atoms in total. The lowest BCUT2D eigenvalue weighted by molar-refractivity contribution is -0.141. The van der Waals surface area contributed by atoms with Crippen LogP contribution in [0.4, 0.5) is 0 Å². The summed E-state index contributed by atoms with van der Waals surface area (Å²) in [4.78, 5) is 21.5. The summed E-state index contributed by atoms with van der Waals surface area (Å²) < 4.78 is 10.7. The van der Waals surface area contributed by atoms with Crippen LogP contribution in [0, 0.1) is 0 Å². The second kappa shape index (κ2) is 11.3. The molecule has 0 saturated heterocycles. The normalized spacial score (nSPS) is 16.2. The lowest BCUT2D eigenvalue weighted by atomic mass is 9.98. The van der Waals surface area contributed by atoms with E-state index in [4.69, 9.17) is 8.92 Å². The lowest BCUT2D eigenvalue weighted by Crippen LogP contribution is -2.14. The van der Waals surface area contributed by atoms with Gasteiger partial charge in [0.25, 0.3) is 0 Å². The Morgan fingerprint density at radius 3 is 2.68 bits per heavy atom. The molecule has 110 valence electrons. The maximum absolute atomic E-state index is 11.4. The van der Waals surface area contributed by atoms with E-state index in [9.17, 15) is 9.59 Å². The average molecular weight is 288 g/mol. The number of hydrogen-bond donors (Lipinski definition) is 0. The topological polar surface area (TPSA) is 52.6 Å². The van der Waals surface area contributed by atoms with Crippen molar-refractivity contribution in [2.24, 2.45) is 0 Å². The van der Waals surface area contributed by atoms with Crippen LogP contribution >= 0.6 is 12.0 Å². The van der Waals surface area contributed by atoms with E-state index < -0.39 is 0 Å². The van der Waals surface area contributed by atoms with Crippen molar-refractivity contribution in [2.45, 2.75) is 70.3 Å². The smallest absolute Gasteiger partial charge is 0.306 e. The molecule has 0 N–H and O–H groups in total. The second-order valence-corrected chi connectivity index (χ2v) is 5.54. The van der Waals surface area contributed by atoms with E-state index in [1.807, 2.05) is 0 Å². The van der Waals surface area contributed by atoms with Gasteiger partial charge in [0.1, 0.15) is 6.29 Å². The van der Waals surface area contributed by atoms with Gasteiger partial charge >= 0.3 is 5.97 Å². The number of hydrogen-bond acceptors (Lipinski definition) is 5. The Balaban J connectivity index is 1.87. The number of aldehydes is 1. The van der Waals surface area contributed by atoms with Crippen molar-refractivity contribution in [1.82, 2.24) is 0 Å². The minimum Gasteiger partial charge on any atom is -0.452 e. The van der Waals surface area contributed by atoms with Gasteiger partial charge in [-0.1, -0.05) is 25.7 Å². The van der Waals surface area contributed by atoms with Crippen LogP contribution in [0.15, 0.2) is 0 Å². The summed E-state index contributed by atoms with van der Waals surface area (Å²) in [5, 5.41) is 0. The van der Waals surface area contributed by atoms with Gasteiger partial charge in [-0.2, -0.15) is 0 Å². The Kier molecular flexibility index (Phi) is 9.81. The molecular weight excluding hydrogens is 264 g/mol. The van der Waals surface area contributed by atoms with E-state index in [1.54, 1.807) is 0 Å². The molecule has 19 heavy (non-hydrogen) atoms. The molecule has 0 atom stereocenters. The van der Waals surface area contributed by atoms with Crippen LogP contribution in [-0.2, 0) is 18.5 Å². The highest BCUT2D eigenvalue weighted by Crippen LogP contribution is 2.23. The molecule has 1 aliphatic rings. The summed E-state index contributed by atoms with van der Waals surface area (Å²) in [5.41, 5.74) is 0. The molecule has 5 heteroatoms. The Labute approximate surface area is 119 Å². The first-order valence-electron chi connectivity index (χ1n) is 7.20. The van der Waals surface area contributed by atoms with E-state index in [1.165, 1.54) is 31.3 Å². The van der Waals surface area contributed by atoms with Crippen LogP contribution in [0.1, 0.15) is 64.2 Å². The fourth-order valence-corrected chi connectivity index (χ4v) is 2.74. The zero-order valence-electron chi connectivity index (χ0n) is 11.5. The third-order valence-electron chi connectivity index (χ3n) is 3.23. The van der Waals surface area contributed by atoms with Crippen molar-refractivity contribution < 1.29 is 18.5 Å². The quantitative estimate of drug-likeness (QED) is 0.202. The third-order valence-corrected chi connectivity index (χ3v) is 3.85. The van der Waals surface area contributed by atoms with Crippen molar-refractivity contribution in [1.29, 1.82) is 0 Å². The molecule has 0 bridgehead atoms. The van der Waals surface area contributed by atoms with Gasteiger partial charge in [0.2, 0.25) is 0 Å². The summed E-state index contributed by atoms with van der Waals surface area (Å²) in [5.74, 6) is 0.106. The maximum Gasteiger partial charge on any atom is 0.306 e. The third kappa shape index (κ3) is 9.05. The lowest BCUT2D eigenvalue weighted by Gasteiger charge is -2.20. The summed E-state index contributed by atoms with van der Waals surface area (Å²) in [6.45, 7) is 0. The molecule has 1 aliphatic carbocycles. The molecule has 0 aromatic carbocycles. The predicted octanol–water partition coefficient (Wildman–Crippen LogP) is 3.63. The molecule has 0 heterocycles. The number of rotatable bonds is 10. The van der Waals surface area contributed by atoms with Gasteiger partial charge in [-0.05, 0) is 25.7 Å². The van der Waals surface area contributed by atoms with Crippen LogP contribution in [0.2, 0.25) is 0 Å². The molecule has 1 rings (SSSR count). The van der Waals surface area contributed by atoms with Gasteiger partial charge in [-0.3, -0.25) is 4.79 Å². The minimum absolute atomic E-state index is 0.175. The van der Waals surface area contributed by atoms with E-state index in [-0.39, 0.29) is 11.9 Å². The molecule has 1 fully saturated rings. The summed E-state index contributed by atoms with van der Waals surface area (Å²) >= 11 is 1.25. The predicted molar refractivity (Wildman–Crippen MR) is 75.7 cm³/mol. The Hall–Kier alpha value is -0.550. The van der Waals surface area contributed by atoms with Gasteiger partial charge in [0.05, 0.1) is 6.10 Å². The molecule has 0 aromatic heterocycles. The molecule has 0 aromatic rings. The van der Waals surface area contributed by atoms with E-state index >= 15 is 0 Å². The Bertz CT molecular complexity index is 252. The zero-order chi connectivity index (χ0) is 13.8. The summed E-state index contributed by atoms with van der Waals surface area (Å²) in [6.07, 6.45) is 10.9. The van der Waals surface area contributed by atoms with Gasteiger partial charge in [0, 0.05) is 24.9 Å². The fourth-order valence-electron chi connectivity index (χ4n) is 2.12. The number of carbonyl (C=O) groups is 2. The highest BCUT2D eigenvalue weighted by molar-refractivity contribution is 7.94. The number of unbranched alkanes of at least 4 members (excludes halogenated alkanes) is 3. The highest BCUT2D eigenvalue weighted by atomic mass is 32.2. The number of ether oxygens (including phenoxy) is 1. The fraction of sp³-hybridized carbons (Fsp3) is 0.857. The molecule has 0 aliphatic heterocycles. The van der Waals surface area contributed by atoms with E-state index in [0.29, 0.717) is 18.9 Å². The summed E-state index contributed by atoms with van der Waals surface area (Å²) in [6, 6.07) is 0. The molecule has 0 amide bonds. The average Bonchev–Trinajstić information content (AvgIpc) is 2.44. The van der Waals surface area contributed by atoms with Crippen molar-refractivity contribution in [3.8, 4) is 0 Å². The highest BCUT2D eigenvalue weighted by Gasteiger charge is 2.14. The van der Waals surface area contributed by atoms with Gasteiger partial charge < -0.3 is 13.7 Å². The van der Waals surface area contributed by atoms with Crippen LogP contribution in [-0.4, -0.2) is 24.3 Å². The van der Waals surface area contributed by atoms with Gasteiger partial charge in [-0.15, -0.1) is 0 Å². The van der Waals surface area contributed by atoms with Crippen LogP contribution in [0.5, 0.6) is 0 Å². The first-order valence-corrected chi connectivity index (χ1v) is 8.11. The molecule has 1 saturated carbocycles. The van der Waals surface area contributed by atoms with Gasteiger partial charge in [0.15, 0.2) is 5.94 Å². The number of carbonyl (C=O) groups excluding carboxylic acids is 2. The van der Waals surface area contributed by atoms with Crippen LogP contribution < -0.4 is 0 Å². The first kappa shape index (κ1) is 16.5. The maximum atomic E-state index is 11.4. The molecule has 0 spiro atoms. The Morgan fingerprint density at radius 1 is 1.16 bits per heavy atom. The minimum atomic E-state index is -0.175. The van der Waals surface area contributed by atoms with Crippen molar-refractivity contribution in [3.63, 3.8) is 0 Å². The zero-order valence-corrected chi connectivity index (χ0v) is 12.3. The van der Waals surface area contributed by atoms with Gasteiger partial charge in [-0.25, -0.2) is 0 Å². The Morgan fingerprint density at radius 2 is 1.95 bits per heavy atom. The molecule has 0 unspecified atom stereocenters. The van der Waals surface area contributed by atoms with Crippen molar-refractivity contribution in [2.75, 3.05) is 5.94 Å². The number of esters is 1. The van der Waals surface area contributed by atoms with E-state index in [2.05, 4.69) is 0 Å². The monoisotopic (exact) mass is 288 g/mol. The van der Waals surface area contributed by atoms with Crippen LogP contribution in [0.3, 0.4) is 0 Å². The van der Waals surface area contributed by atoms with Crippen LogP contribution in [0.25, 0.3) is 0 Å². The molecular formula is C14H24O4S. The largest absolute Gasteiger partial charge is 0.452 e. The van der Waals surface area contributed by atoms with E-state index in [0.717, 1.165) is 38.4 Å². The SMILES string of the molecule is O=CCCCCCC(=O)OCSOC1CCCCC1. The molecule has 0 radical (unpaired) electrons.